The number of rotatable bonds is 7. The zero-order chi connectivity index (χ0) is 11.7. The monoisotopic (exact) mass is 214 g/mol. The highest BCUT2D eigenvalue weighted by Crippen LogP contribution is 2.06. The van der Waals surface area contributed by atoms with E-state index in [0.717, 1.165) is 12.8 Å². The van der Waals surface area contributed by atoms with Gasteiger partial charge >= 0.3 is 11.9 Å². The van der Waals surface area contributed by atoms with Crippen molar-refractivity contribution in [2.75, 3.05) is 6.61 Å². The van der Waals surface area contributed by atoms with E-state index >= 15 is 0 Å². The van der Waals surface area contributed by atoms with Gasteiger partial charge in [-0.05, 0) is 19.3 Å². The lowest BCUT2D eigenvalue weighted by Crippen LogP contribution is -2.13. The van der Waals surface area contributed by atoms with E-state index in [9.17, 15) is 9.59 Å². The van der Waals surface area contributed by atoms with Gasteiger partial charge < -0.3 is 9.47 Å². The predicted octanol–water partition coefficient (Wildman–Crippen LogP) is 1.84. The molecule has 0 N–H and O–H groups in total. The van der Waals surface area contributed by atoms with Crippen molar-refractivity contribution in [3.8, 4) is 0 Å². The molecule has 4 heteroatoms. The van der Waals surface area contributed by atoms with Gasteiger partial charge in [0.1, 0.15) is 6.10 Å². The third-order valence-electron chi connectivity index (χ3n) is 1.77. The Bertz CT molecular complexity index is 223. The van der Waals surface area contributed by atoms with Crippen molar-refractivity contribution in [2.45, 2.75) is 39.2 Å². The Balaban J connectivity index is 3.50. The van der Waals surface area contributed by atoms with Crippen LogP contribution in [0, 0.1) is 0 Å². The Morgan fingerprint density at radius 2 is 1.93 bits per heavy atom. The summed E-state index contributed by atoms with van der Waals surface area (Å²) in [4.78, 5) is 21.1. The first-order chi connectivity index (χ1) is 7.06. The molecule has 0 saturated carbocycles. The molecule has 0 aromatic carbocycles. The van der Waals surface area contributed by atoms with Crippen molar-refractivity contribution >= 4 is 11.9 Å². The lowest BCUT2D eigenvalue weighted by Gasteiger charge is -2.12. The highest BCUT2D eigenvalue weighted by atomic mass is 16.5. The molecule has 0 fully saturated rings. The second-order valence-corrected chi connectivity index (χ2v) is 3.22. The van der Waals surface area contributed by atoms with Crippen molar-refractivity contribution in [2.24, 2.45) is 0 Å². The Labute approximate surface area is 90.2 Å². The molecular formula is C11H18O4. The van der Waals surface area contributed by atoms with Crippen molar-refractivity contribution in [3.63, 3.8) is 0 Å². The van der Waals surface area contributed by atoms with Gasteiger partial charge in [0.2, 0.25) is 0 Å². The highest BCUT2D eigenvalue weighted by Gasteiger charge is 2.06. The number of hydrogen-bond acceptors (Lipinski definition) is 4. The topological polar surface area (TPSA) is 52.6 Å². The van der Waals surface area contributed by atoms with Gasteiger partial charge in [0.25, 0.3) is 0 Å². The first-order valence-electron chi connectivity index (χ1n) is 4.99. The van der Waals surface area contributed by atoms with E-state index in [1.54, 1.807) is 6.08 Å². The molecule has 0 aromatic rings. The lowest BCUT2D eigenvalue weighted by molar-refractivity contribution is -0.144. The molecule has 0 amide bonds. The van der Waals surface area contributed by atoms with Gasteiger partial charge in [-0.15, -0.1) is 0 Å². The molecule has 0 spiro atoms. The summed E-state index contributed by atoms with van der Waals surface area (Å²) in [5.41, 5.74) is 0. The average molecular weight is 214 g/mol. The van der Waals surface area contributed by atoms with Crippen LogP contribution in [0.4, 0.5) is 0 Å². The molecule has 4 nitrogen and oxygen atoms in total. The molecule has 0 radical (unpaired) electrons. The van der Waals surface area contributed by atoms with Gasteiger partial charge in [-0.3, -0.25) is 9.59 Å². The molecule has 0 aliphatic rings. The van der Waals surface area contributed by atoms with Gasteiger partial charge in [0.15, 0.2) is 0 Å². The van der Waals surface area contributed by atoms with E-state index in [-0.39, 0.29) is 18.0 Å². The smallest absolute Gasteiger partial charge is 0.303 e. The SMILES string of the molecule is C=CC(CCCCOC(C)=O)OC(C)=O. The number of unbranched alkanes of at least 4 members (excludes halogenated alkanes) is 1. The fourth-order valence-electron chi connectivity index (χ4n) is 1.10. The van der Waals surface area contributed by atoms with Crippen LogP contribution < -0.4 is 0 Å². The summed E-state index contributed by atoms with van der Waals surface area (Å²) in [6, 6.07) is 0. The minimum Gasteiger partial charge on any atom is -0.466 e. The highest BCUT2D eigenvalue weighted by molar-refractivity contribution is 5.66. The summed E-state index contributed by atoms with van der Waals surface area (Å²) in [6.07, 6.45) is 3.68. The van der Waals surface area contributed by atoms with Crippen LogP contribution >= 0.6 is 0 Å². The number of ether oxygens (including phenoxy) is 2. The van der Waals surface area contributed by atoms with Crippen molar-refractivity contribution in [1.29, 1.82) is 0 Å². The van der Waals surface area contributed by atoms with Gasteiger partial charge in [-0.25, -0.2) is 0 Å². The largest absolute Gasteiger partial charge is 0.466 e. The molecule has 0 saturated heterocycles. The number of carbonyl (C=O) groups excluding carboxylic acids is 2. The third kappa shape index (κ3) is 9.00. The van der Waals surface area contributed by atoms with Gasteiger partial charge in [0.05, 0.1) is 6.61 Å². The molecule has 1 unspecified atom stereocenters. The van der Waals surface area contributed by atoms with Crippen LogP contribution in [0.15, 0.2) is 12.7 Å². The maximum atomic E-state index is 10.7. The van der Waals surface area contributed by atoms with Crippen LogP contribution in [0.2, 0.25) is 0 Å². The normalized spacial score (nSPS) is 11.6. The molecule has 1 atom stereocenters. The number of esters is 2. The summed E-state index contributed by atoms with van der Waals surface area (Å²) in [5, 5.41) is 0. The summed E-state index contributed by atoms with van der Waals surface area (Å²) in [6.45, 7) is 6.75. The Hall–Kier alpha value is -1.32. The average Bonchev–Trinajstić information content (AvgIpc) is 2.14. The van der Waals surface area contributed by atoms with E-state index in [1.807, 2.05) is 0 Å². The fourth-order valence-corrected chi connectivity index (χ4v) is 1.10. The summed E-state index contributed by atoms with van der Waals surface area (Å²) in [5.74, 6) is -0.574. The second-order valence-electron chi connectivity index (χ2n) is 3.22. The molecule has 86 valence electrons. The first kappa shape index (κ1) is 13.7. The van der Waals surface area contributed by atoms with E-state index in [4.69, 9.17) is 9.47 Å². The zero-order valence-electron chi connectivity index (χ0n) is 9.32. The summed E-state index contributed by atoms with van der Waals surface area (Å²) >= 11 is 0. The van der Waals surface area contributed by atoms with E-state index in [1.165, 1.54) is 13.8 Å². The number of carbonyl (C=O) groups is 2. The third-order valence-corrected chi connectivity index (χ3v) is 1.77. The lowest BCUT2D eigenvalue weighted by atomic mass is 10.1. The maximum Gasteiger partial charge on any atom is 0.303 e. The Morgan fingerprint density at radius 3 is 2.40 bits per heavy atom. The van der Waals surface area contributed by atoms with E-state index in [2.05, 4.69) is 6.58 Å². The molecule has 0 heterocycles. The van der Waals surface area contributed by atoms with E-state index < -0.39 is 0 Å². The molecular weight excluding hydrogens is 196 g/mol. The molecule has 0 bridgehead atoms. The second kappa shape index (κ2) is 8.03. The molecule has 0 aliphatic heterocycles. The van der Waals surface area contributed by atoms with Crippen LogP contribution in [0.3, 0.4) is 0 Å². The quantitative estimate of drug-likeness (QED) is 0.368. The van der Waals surface area contributed by atoms with Gasteiger partial charge in [-0.2, -0.15) is 0 Å². The van der Waals surface area contributed by atoms with Gasteiger partial charge in [-0.1, -0.05) is 12.7 Å². The van der Waals surface area contributed by atoms with Crippen molar-refractivity contribution in [3.05, 3.63) is 12.7 Å². The van der Waals surface area contributed by atoms with Crippen LogP contribution in [0.5, 0.6) is 0 Å². The Kier molecular flexibility index (Phi) is 7.32. The predicted molar refractivity (Wildman–Crippen MR) is 56.2 cm³/mol. The fraction of sp³-hybridized carbons (Fsp3) is 0.636. The van der Waals surface area contributed by atoms with Crippen LogP contribution in [0.1, 0.15) is 33.1 Å². The standard InChI is InChI=1S/C11H18O4/c1-4-11(15-10(3)13)7-5-6-8-14-9(2)12/h4,11H,1,5-8H2,2-3H3. The van der Waals surface area contributed by atoms with Gasteiger partial charge in [0, 0.05) is 13.8 Å². The summed E-state index contributed by atoms with van der Waals surface area (Å²) in [7, 11) is 0. The van der Waals surface area contributed by atoms with Crippen LogP contribution in [-0.4, -0.2) is 24.6 Å². The number of hydrogen-bond donors (Lipinski definition) is 0. The zero-order valence-corrected chi connectivity index (χ0v) is 9.32. The minimum absolute atomic E-state index is 0.236. The minimum atomic E-state index is -0.306. The van der Waals surface area contributed by atoms with E-state index in [0.29, 0.717) is 13.0 Å². The Morgan fingerprint density at radius 1 is 1.27 bits per heavy atom. The molecule has 0 rings (SSSR count). The van der Waals surface area contributed by atoms with Crippen molar-refractivity contribution in [1.82, 2.24) is 0 Å². The summed E-state index contributed by atoms with van der Waals surface area (Å²) < 4.78 is 9.73. The van der Waals surface area contributed by atoms with Crippen LogP contribution in [0.25, 0.3) is 0 Å². The molecule has 15 heavy (non-hydrogen) atoms. The molecule has 0 aliphatic carbocycles. The van der Waals surface area contributed by atoms with Crippen LogP contribution in [-0.2, 0) is 19.1 Å². The van der Waals surface area contributed by atoms with Crippen molar-refractivity contribution < 1.29 is 19.1 Å². The maximum absolute atomic E-state index is 10.7. The first-order valence-corrected chi connectivity index (χ1v) is 4.99. The molecule has 0 aromatic heterocycles.